The monoisotopic (exact) mass is 362 g/mol. The molecule has 2 heterocycles. The Labute approximate surface area is 147 Å². The van der Waals surface area contributed by atoms with Crippen molar-refractivity contribution in [1.82, 2.24) is 9.55 Å². The van der Waals surface area contributed by atoms with E-state index >= 15 is 0 Å². The molecule has 7 heteroatoms. The van der Waals surface area contributed by atoms with Gasteiger partial charge in [0.1, 0.15) is 17.2 Å². The van der Waals surface area contributed by atoms with Gasteiger partial charge in [-0.05, 0) is 37.1 Å². The van der Waals surface area contributed by atoms with Crippen molar-refractivity contribution in [1.29, 1.82) is 0 Å². The van der Waals surface area contributed by atoms with E-state index in [4.69, 9.17) is 16.7 Å². The Morgan fingerprint density at radius 2 is 1.96 bits per heavy atom. The van der Waals surface area contributed by atoms with Crippen LogP contribution in [0.5, 0.6) is 0 Å². The van der Waals surface area contributed by atoms with Crippen molar-refractivity contribution in [3.8, 4) is 0 Å². The van der Waals surface area contributed by atoms with Crippen LogP contribution in [0.4, 0.5) is 0 Å². The SMILES string of the molecule is Cc1sc2nc(Cc3ccc(Cl)cc3)n(CC(=O)O)c(=O)c2c1C. The second kappa shape index (κ2) is 6.37. The molecular weight excluding hydrogens is 348 g/mol. The lowest BCUT2D eigenvalue weighted by Crippen LogP contribution is -2.28. The van der Waals surface area contributed by atoms with Crippen molar-refractivity contribution in [2.45, 2.75) is 26.8 Å². The minimum absolute atomic E-state index is 0.298. The van der Waals surface area contributed by atoms with E-state index in [1.54, 1.807) is 12.1 Å². The van der Waals surface area contributed by atoms with Gasteiger partial charge in [-0.2, -0.15) is 0 Å². The largest absolute Gasteiger partial charge is 0.480 e. The summed E-state index contributed by atoms with van der Waals surface area (Å²) < 4.78 is 1.25. The highest BCUT2D eigenvalue weighted by Crippen LogP contribution is 2.26. The number of halogens is 1. The van der Waals surface area contributed by atoms with Crippen LogP contribution in [-0.4, -0.2) is 20.6 Å². The Kier molecular flexibility index (Phi) is 4.43. The van der Waals surface area contributed by atoms with Crippen LogP contribution in [0.1, 0.15) is 21.8 Å². The van der Waals surface area contributed by atoms with E-state index in [0.29, 0.717) is 27.5 Å². The van der Waals surface area contributed by atoms with Crippen LogP contribution in [0.3, 0.4) is 0 Å². The molecule has 0 saturated carbocycles. The Hall–Kier alpha value is -2.18. The Balaban J connectivity index is 2.19. The molecule has 5 nitrogen and oxygen atoms in total. The van der Waals surface area contributed by atoms with Crippen LogP contribution in [0, 0.1) is 13.8 Å². The summed E-state index contributed by atoms with van der Waals surface area (Å²) >= 11 is 7.35. The van der Waals surface area contributed by atoms with E-state index in [-0.39, 0.29) is 5.56 Å². The molecule has 0 spiro atoms. The van der Waals surface area contributed by atoms with Crippen molar-refractivity contribution >= 4 is 39.1 Å². The second-order valence-corrected chi connectivity index (χ2v) is 7.22. The van der Waals surface area contributed by atoms with E-state index in [1.165, 1.54) is 15.9 Å². The van der Waals surface area contributed by atoms with Gasteiger partial charge in [0, 0.05) is 16.3 Å². The molecule has 2 aromatic heterocycles. The van der Waals surface area contributed by atoms with Crippen molar-refractivity contribution < 1.29 is 9.90 Å². The van der Waals surface area contributed by atoms with Gasteiger partial charge in [-0.1, -0.05) is 23.7 Å². The summed E-state index contributed by atoms with van der Waals surface area (Å²) in [5.74, 6) is -0.626. The molecule has 0 aliphatic rings. The predicted octanol–water partition coefficient (Wildman–Crippen LogP) is 3.40. The summed E-state index contributed by atoms with van der Waals surface area (Å²) in [5, 5.41) is 10.3. The number of carboxylic acid groups (broad SMARTS) is 1. The smallest absolute Gasteiger partial charge is 0.323 e. The Bertz CT molecular complexity index is 990. The van der Waals surface area contributed by atoms with Gasteiger partial charge in [0.25, 0.3) is 5.56 Å². The maximum atomic E-state index is 12.8. The number of aryl methyl sites for hydroxylation is 2. The van der Waals surface area contributed by atoms with Gasteiger partial charge in [-0.3, -0.25) is 14.2 Å². The lowest BCUT2D eigenvalue weighted by molar-refractivity contribution is -0.137. The van der Waals surface area contributed by atoms with Gasteiger partial charge in [0.2, 0.25) is 0 Å². The Morgan fingerprint density at radius 3 is 2.58 bits per heavy atom. The third-order valence-corrected chi connectivity index (χ3v) is 5.29. The number of carboxylic acids is 1. The fourth-order valence-electron chi connectivity index (χ4n) is 2.59. The number of thiophene rings is 1. The highest BCUT2D eigenvalue weighted by Gasteiger charge is 2.18. The van der Waals surface area contributed by atoms with Crippen LogP contribution < -0.4 is 5.56 Å². The number of fused-ring (bicyclic) bond motifs is 1. The molecule has 0 bridgehead atoms. The number of nitrogens with zero attached hydrogens (tertiary/aromatic N) is 2. The van der Waals surface area contributed by atoms with Crippen molar-refractivity contribution in [2.75, 3.05) is 0 Å². The van der Waals surface area contributed by atoms with Crippen molar-refractivity contribution in [3.63, 3.8) is 0 Å². The molecule has 0 unspecified atom stereocenters. The lowest BCUT2D eigenvalue weighted by Gasteiger charge is -2.11. The molecule has 24 heavy (non-hydrogen) atoms. The molecule has 0 aliphatic heterocycles. The summed E-state index contributed by atoms with van der Waals surface area (Å²) in [6, 6.07) is 7.20. The van der Waals surface area contributed by atoms with E-state index in [0.717, 1.165) is 16.0 Å². The zero-order valence-corrected chi connectivity index (χ0v) is 14.7. The molecule has 0 radical (unpaired) electrons. The number of aromatic nitrogens is 2. The standard InChI is InChI=1S/C17H15ClN2O3S/c1-9-10(2)24-16-15(9)17(23)20(8-14(21)22)13(19-16)7-11-3-5-12(18)6-4-11/h3-6H,7-8H2,1-2H3,(H,21,22). The van der Waals surface area contributed by atoms with E-state index in [2.05, 4.69) is 4.98 Å². The molecule has 0 atom stereocenters. The summed E-state index contributed by atoms with van der Waals surface area (Å²) in [6.45, 7) is 3.39. The predicted molar refractivity (Wildman–Crippen MR) is 95.2 cm³/mol. The third-order valence-electron chi connectivity index (χ3n) is 3.94. The van der Waals surface area contributed by atoms with Gasteiger partial charge >= 0.3 is 5.97 Å². The highest BCUT2D eigenvalue weighted by molar-refractivity contribution is 7.18. The van der Waals surface area contributed by atoms with Gasteiger partial charge in [-0.25, -0.2) is 4.98 Å². The molecule has 3 rings (SSSR count). The molecular formula is C17H15ClN2O3S. The average molecular weight is 363 g/mol. The lowest BCUT2D eigenvalue weighted by atomic mass is 10.1. The number of hydrogen-bond acceptors (Lipinski definition) is 4. The van der Waals surface area contributed by atoms with E-state index < -0.39 is 12.5 Å². The van der Waals surface area contributed by atoms with E-state index in [1.807, 2.05) is 26.0 Å². The first kappa shape index (κ1) is 16.7. The first-order chi connectivity index (χ1) is 11.4. The topological polar surface area (TPSA) is 72.2 Å². The number of rotatable bonds is 4. The van der Waals surface area contributed by atoms with E-state index in [9.17, 15) is 9.59 Å². The quantitative estimate of drug-likeness (QED) is 0.772. The zero-order chi connectivity index (χ0) is 17.4. The summed E-state index contributed by atoms with van der Waals surface area (Å²) in [5.41, 5.74) is 1.48. The molecule has 0 amide bonds. The summed E-state index contributed by atoms with van der Waals surface area (Å²) in [4.78, 5) is 30.2. The fraction of sp³-hybridized carbons (Fsp3) is 0.235. The van der Waals surface area contributed by atoms with Gasteiger partial charge < -0.3 is 5.11 Å². The molecule has 0 aliphatic carbocycles. The normalized spacial score (nSPS) is 11.1. The van der Waals surface area contributed by atoms with Gasteiger partial charge in [-0.15, -0.1) is 11.3 Å². The molecule has 0 saturated heterocycles. The zero-order valence-electron chi connectivity index (χ0n) is 13.2. The maximum absolute atomic E-state index is 12.8. The number of carbonyl (C=O) groups is 1. The summed E-state index contributed by atoms with van der Waals surface area (Å²) in [6.07, 6.45) is 0.367. The second-order valence-electron chi connectivity index (χ2n) is 5.58. The van der Waals surface area contributed by atoms with Crippen molar-refractivity contribution in [3.05, 3.63) is 61.5 Å². The third kappa shape index (κ3) is 3.07. The Morgan fingerprint density at radius 1 is 1.29 bits per heavy atom. The van der Waals surface area contributed by atoms with Crippen LogP contribution in [0.2, 0.25) is 5.02 Å². The summed E-state index contributed by atoms with van der Waals surface area (Å²) in [7, 11) is 0. The van der Waals surface area contributed by atoms with Gasteiger partial charge in [0.15, 0.2) is 0 Å². The number of benzene rings is 1. The highest BCUT2D eigenvalue weighted by atomic mass is 35.5. The van der Waals surface area contributed by atoms with Crippen LogP contribution in [-0.2, 0) is 17.8 Å². The molecule has 3 aromatic rings. The molecule has 124 valence electrons. The van der Waals surface area contributed by atoms with Crippen LogP contribution in [0.15, 0.2) is 29.1 Å². The van der Waals surface area contributed by atoms with Crippen LogP contribution in [0.25, 0.3) is 10.2 Å². The average Bonchev–Trinajstić information content (AvgIpc) is 2.80. The fourth-order valence-corrected chi connectivity index (χ4v) is 3.75. The number of aliphatic carboxylic acids is 1. The minimum atomic E-state index is -1.07. The maximum Gasteiger partial charge on any atom is 0.323 e. The molecule has 1 aromatic carbocycles. The molecule has 0 fully saturated rings. The van der Waals surface area contributed by atoms with Gasteiger partial charge in [0.05, 0.1) is 5.39 Å². The first-order valence-electron chi connectivity index (χ1n) is 7.32. The number of hydrogen-bond donors (Lipinski definition) is 1. The first-order valence-corrected chi connectivity index (χ1v) is 8.52. The van der Waals surface area contributed by atoms with Crippen molar-refractivity contribution in [2.24, 2.45) is 0 Å². The minimum Gasteiger partial charge on any atom is -0.480 e. The van der Waals surface area contributed by atoms with Crippen LogP contribution >= 0.6 is 22.9 Å². The molecule has 1 N–H and O–H groups in total.